The minimum atomic E-state index is -0.487. The number of rotatable bonds is 2. The summed E-state index contributed by atoms with van der Waals surface area (Å²) in [6, 6.07) is 7.31. The average molecular weight is 285 g/mol. The van der Waals surface area contributed by atoms with E-state index in [0.717, 1.165) is 16.6 Å². The molecule has 0 spiro atoms. The third-order valence-corrected chi connectivity index (χ3v) is 3.51. The molecule has 0 bridgehead atoms. The Kier molecular flexibility index (Phi) is 3.25. The minimum absolute atomic E-state index is 0.00231. The number of nitrogens with zero attached hydrogens (tertiary/aromatic N) is 2. The van der Waals surface area contributed by atoms with Gasteiger partial charge in [0.25, 0.3) is 0 Å². The van der Waals surface area contributed by atoms with Gasteiger partial charge >= 0.3 is 0 Å². The Morgan fingerprint density at radius 2 is 2.25 bits per heavy atom. The predicted molar refractivity (Wildman–Crippen MR) is 65.2 cm³/mol. The number of hydrogen-bond donors (Lipinski definition) is 0. The molecule has 4 nitrogen and oxygen atoms in total. The number of hydrogen-bond acceptors (Lipinski definition) is 3. The van der Waals surface area contributed by atoms with Crippen molar-refractivity contribution in [3.05, 3.63) is 44.4 Å². The Balaban J connectivity index is 2.28. The molecule has 0 aliphatic carbocycles. The van der Waals surface area contributed by atoms with E-state index in [2.05, 4.69) is 15.9 Å². The number of benzene rings is 1. The first-order valence-corrected chi connectivity index (χ1v) is 5.94. The van der Waals surface area contributed by atoms with Gasteiger partial charge in [0, 0.05) is 15.9 Å². The molecule has 1 heterocycles. The lowest BCUT2D eigenvalue weighted by molar-refractivity contribution is -0.521. The number of nitro groups is 1. The Morgan fingerprint density at radius 1 is 1.50 bits per heavy atom. The lowest BCUT2D eigenvalue weighted by Crippen LogP contribution is -2.27. The van der Waals surface area contributed by atoms with E-state index in [1.807, 2.05) is 36.2 Å². The van der Waals surface area contributed by atoms with Crippen LogP contribution in [0.15, 0.2) is 28.7 Å². The quantitative estimate of drug-likeness (QED) is 0.617. The van der Waals surface area contributed by atoms with Crippen LogP contribution in [-0.4, -0.2) is 36.0 Å². The van der Waals surface area contributed by atoms with Crippen LogP contribution in [-0.2, 0) is 0 Å². The van der Waals surface area contributed by atoms with Crippen LogP contribution in [0, 0.1) is 10.1 Å². The smallest absolute Gasteiger partial charge is 0.233 e. The van der Waals surface area contributed by atoms with Crippen molar-refractivity contribution in [2.24, 2.45) is 0 Å². The lowest BCUT2D eigenvalue weighted by atomic mass is 9.95. The van der Waals surface area contributed by atoms with Crippen molar-refractivity contribution in [2.75, 3.05) is 20.1 Å². The summed E-state index contributed by atoms with van der Waals surface area (Å²) in [4.78, 5) is 12.8. The first kappa shape index (κ1) is 11.5. The van der Waals surface area contributed by atoms with Gasteiger partial charge in [-0.15, -0.1) is 0 Å². The van der Waals surface area contributed by atoms with Gasteiger partial charge in [0.1, 0.15) is 0 Å². The molecule has 1 aliphatic rings. The number of likely N-dealkylation sites (N-methyl/N-ethyl adjacent to an activating group) is 1. The summed E-state index contributed by atoms with van der Waals surface area (Å²) in [5.74, 6) is -0.00231. The van der Waals surface area contributed by atoms with Crippen molar-refractivity contribution >= 4 is 15.9 Å². The third kappa shape index (κ3) is 2.25. The lowest BCUT2D eigenvalue weighted by Gasteiger charge is -2.12. The summed E-state index contributed by atoms with van der Waals surface area (Å²) in [5.41, 5.74) is 1.04. The maximum atomic E-state index is 11.0. The molecule has 0 amide bonds. The van der Waals surface area contributed by atoms with Gasteiger partial charge in [0.2, 0.25) is 6.04 Å². The molecule has 0 saturated carbocycles. The standard InChI is InChI=1S/C11H13BrN2O2/c1-13-6-10(11(7-13)14(15)16)8-3-2-4-9(12)5-8/h2-5,10-11H,6-7H2,1H3. The Morgan fingerprint density at radius 3 is 2.88 bits per heavy atom. The van der Waals surface area contributed by atoms with E-state index < -0.39 is 6.04 Å². The van der Waals surface area contributed by atoms with Crippen LogP contribution < -0.4 is 0 Å². The Hall–Kier alpha value is -0.940. The number of halogens is 1. The monoisotopic (exact) mass is 284 g/mol. The largest absolute Gasteiger partial charge is 0.299 e. The van der Waals surface area contributed by atoms with Crippen molar-refractivity contribution < 1.29 is 4.92 Å². The first-order valence-electron chi connectivity index (χ1n) is 5.15. The minimum Gasteiger partial charge on any atom is -0.299 e. The normalized spacial score (nSPS) is 25.9. The summed E-state index contributed by atoms with van der Waals surface area (Å²) in [6.07, 6.45) is 0. The second-order valence-electron chi connectivity index (χ2n) is 4.24. The zero-order valence-corrected chi connectivity index (χ0v) is 10.6. The second-order valence-corrected chi connectivity index (χ2v) is 5.15. The van der Waals surface area contributed by atoms with Crippen LogP contribution in [0.5, 0.6) is 0 Å². The van der Waals surface area contributed by atoms with E-state index in [1.165, 1.54) is 0 Å². The van der Waals surface area contributed by atoms with Crippen molar-refractivity contribution in [2.45, 2.75) is 12.0 Å². The molecule has 2 atom stereocenters. The summed E-state index contributed by atoms with van der Waals surface area (Å²) in [7, 11) is 1.93. The van der Waals surface area contributed by atoms with E-state index in [-0.39, 0.29) is 10.8 Å². The molecular formula is C11H13BrN2O2. The highest BCUT2D eigenvalue weighted by Gasteiger charge is 2.40. The van der Waals surface area contributed by atoms with Gasteiger partial charge in [-0.25, -0.2) is 0 Å². The molecule has 2 rings (SSSR count). The van der Waals surface area contributed by atoms with Crippen LogP contribution in [0.3, 0.4) is 0 Å². The van der Waals surface area contributed by atoms with Crippen molar-refractivity contribution in [1.82, 2.24) is 4.90 Å². The molecule has 2 unspecified atom stereocenters. The zero-order chi connectivity index (χ0) is 11.7. The fraction of sp³-hybridized carbons (Fsp3) is 0.455. The van der Waals surface area contributed by atoms with Crippen LogP contribution in [0.1, 0.15) is 11.5 Å². The molecule has 0 N–H and O–H groups in total. The highest BCUT2D eigenvalue weighted by molar-refractivity contribution is 9.10. The summed E-state index contributed by atoms with van der Waals surface area (Å²) in [5, 5.41) is 11.0. The van der Waals surface area contributed by atoms with Gasteiger partial charge in [-0.2, -0.15) is 0 Å². The molecule has 0 radical (unpaired) electrons. The van der Waals surface area contributed by atoms with Gasteiger partial charge in [-0.05, 0) is 24.7 Å². The van der Waals surface area contributed by atoms with Crippen molar-refractivity contribution in [1.29, 1.82) is 0 Å². The van der Waals surface area contributed by atoms with Gasteiger partial charge in [-0.3, -0.25) is 15.0 Å². The third-order valence-electron chi connectivity index (χ3n) is 3.02. The van der Waals surface area contributed by atoms with E-state index in [1.54, 1.807) is 0 Å². The van der Waals surface area contributed by atoms with Crippen molar-refractivity contribution in [3.8, 4) is 0 Å². The molecular weight excluding hydrogens is 272 g/mol. The topological polar surface area (TPSA) is 46.4 Å². The van der Waals surface area contributed by atoms with Crippen LogP contribution in [0.4, 0.5) is 0 Å². The molecule has 5 heteroatoms. The predicted octanol–water partition coefficient (Wildman–Crippen LogP) is 2.12. The molecule has 1 aromatic carbocycles. The van der Waals surface area contributed by atoms with Crippen LogP contribution in [0.2, 0.25) is 0 Å². The average Bonchev–Trinajstić information content (AvgIpc) is 2.60. The molecule has 1 saturated heterocycles. The molecule has 1 aliphatic heterocycles. The van der Waals surface area contributed by atoms with Gasteiger partial charge in [-0.1, -0.05) is 28.1 Å². The number of likely N-dealkylation sites (tertiary alicyclic amines) is 1. The Bertz CT molecular complexity index is 411. The van der Waals surface area contributed by atoms with E-state index in [4.69, 9.17) is 0 Å². The summed E-state index contributed by atoms with van der Waals surface area (Å²) in [6.45, 7) is 1.28. The SMILES string of the molecule is CN1CC(c2cccc(Br)c2)C([N+](=O)[O-])C1. The van der Waals surface area contributed by atoms with Gasteiger partial charge in [0.15, 0.2) is 0 Å². The molecule has 0 aromatic heterocycles. The van der Waals surface area contributed by atoms with Crippen LogP contribution in [0.25, 0.3) is 0 Å². The van der Waals surface area contributed by atoms with Gasteiger partial charge in [0.05, 0.1) is 12.5 Å². The maximum absolute atomic E-state index is 11.0. The fourth-order valence-corrected chi connectivity index (χ4v) is 2.67. The van der Waals surface area contributed by atoms with Crippen LogP contribution >= 0.6 is 15.9 Å². The van der Waals surface area contributed by atoms with Crippen molar-refractivity contribution in [3.63, 3.8) is 0 Å². The van der Waals surface area contributed by atoms with E-state index >= 15 is 0 Å². The molecule has 1 aromatic rings. The maximum Gasteiger partial charge on any atom is 0.233 e. The van der Waals surface area contributed by atoms with Gasteiger partial charge < -0.3 is 0 Å². The highest BCUT2D eigenvalue weighted by atomic mass is 79.9. The molecule has 86 valence electrons. The van der Waals surface area contributed by atoms with E-state index in [9.17, 15) is 10.1 Å². The van der Waals surface area contributed by atoms with E-state index in [0.29, 0.717) is 6.54 Å². The summed E-state index contributed by atoms with van der Waals surface area (Å²) < 4.78 is 0.974. The molecule has 1 fully saturated rings. The highest BCUT2D eigenvalue weighted by Crippen LogP contribution is 2.29. The fourth-order valence-electron chi connectivity index (χ4n) is 2.26. The Labute approximate surface area is 103 Å². The zero-order valence-electron chi connectivity index (χ0n) is 8.97. The first-order chi connectivity index (χ1) is 7.58. The molecule has 16 heavy (non-hydrogen) atoms. The second kappa shape index (κ2) is 4.51. The summed E-state index contributed by atoms with van der Waals surface area (Å²) >= 11 is 3.40.